The number of hydrogen-bond acceptors (Lipinski definition) is 2. The van der Waals surface area contributed by atoms with E-state index in [1.54, 1.807) is 0 Å². The number of aliphatic carboxylic acids is 1. The maximum atomic E-state index is 13.5. The highest BCUT2D eigenvalue weighted by Crippen LogP contribution is 2.41. The number of benzene rings is 1. The normalized spacial score (nSPS) is 23.4. The van der Waals surface area contributed by atoms with Crippen LogP contribution in [-0.4, -0.2) is 16.9 Å². The van der Waals surface area contributed by atoms with Crippen LogP contribution in [0.25, 0.3) is 0 Å². The Bertz CT molecular complexity index is 539. The highest BCUT2D eigenvalue weighted by molar-refractivity contribution is 5.94. The van der Waals surface area contributed by atoms with Crippen molar-refractivity contribution in [3.63, 3.8) is 0 Å². The molecule has 0 radical (unpaired) electrons. The topological polar surface area (TPSA) is 54.4 Å². The van der Waals surface area contributed by atoms with Crippen LogP contribution in [0.3, 0.4) is 0 Å². The minimum atomic E-state index is -1.41. The molecule has 5 heteroatoms. The first-order chi connectivity index (χ1) is 8.38. The van der Waals surface area contributed by atoms with Crippen molar-refractivity contribution in [3.05, 3.63) is 34.9 Å². The molecule has 1 aliphatic rings. The minimum absolute atomic E-state index is 0.0351. The molecule has 1 aromatic rings. The van der Waals surface area contributed by atoms with E-state index in [4.69, 9.17) is 0 Å². The van der Waals surface area contributed by atoms with Crippen molar-refractivity contribution in [2.45, 2.75) is 31.6 Å². The predicted molar refractivity (Wildman–Crippen MR) is 59.3 cm³/mol. The summed E-state index contributed by atoms with van der Waals surface area (Å²) in [5.74, 6) is -3.39. The number of ketones is 1. The Labute approximate surface area is 102 Å². The lowest BCUT2D eigenvalue weighted by molar-refractivity contribution is -0.144. The Morgan fingerprint density at radius 1 is 1.39 bits per heavy atom. The van der Waals surface area contributed by atoms with E-state index in [9.17, 15) is 23.5 Å². The van der Waals surface area contributed by atoms with Crippen molar-refractivity contribution in [2.75, 3.05) is 0 Å². The van der Waals surface area contributed by atoms with Gasteiger partial charge in [0.2, 0.25) is 0 Å². The van der Waals surface area contributed by atoms with Crippen LogP contribution in [0.1, 0.15) is 30.4 Å². The van der Waals surface area contributed by atoms with Crippen LogP contribution in [0.5, 0.6) is 0 Å². The Morgan fingerprint density at radius 3 is 2.56 bits per heavy atom. The molecule has 0 aliphatic heterocycles. The van der Waals surface area contributed by atoms with Gasteiger partial charge in [-0.25, -0.2) is 8.78 Å². The number of Topliss-reactive ketones (excluding diaryl/α,β-unsaturated/α-hetero) is 1. The number of rotatable bonds is 2. The van der Waals surface area contributed by atoms with Gasteiger partial charge in [0.15, 0.2) is 11.6 Å². The molecule has 1 saturated carbocycles. The van der Waals surface area contributed by atoms with Gasteiger partial charge in [-0.15, -0.1) is 0 Å². The Hall–Kier alpha value is -1.78. The van der Waals surface area contributed by atoms with E-state index in [0.717, 1.165) is 6.07 Å². The molecule has 0 heterocycles. The van der Waals surface area contributed by atoms with Crippen LogP contribution in [0.2, 0.25) is 0 Å². The lowest BCUT2D eigenvalue weighted by Gasteiger charge is -2.25. The van der Waals surface area contributed by atoms with Crippen molar-refractivity contribution in [3.8, 4) is 0 Å². The third-order valence-electron chi connectivity index (χ3n) is 3.59. The van der Waals surface area contributed by atoms with Crippen LogP contribution < -0.4 is 0 Å². The number of hydrogen-bond donors (Lipinski definition) is 1. The second-order valence-corrected chi connectivity index (χ2v) is 4.64. The van der Waals surface area contributed by atoms with Gasteiger partial charge in [0.1, 0.15) is 11.2 Å². The Balaban J connectivity index is 2.61. The lowest BCUT2D eigenvalue weighted by Crippen LogP contribution is -2.34. The standard InChI is InChI=1S/C13H12F2O3/c1-7-9(2-3-10(14)11(7)15)13(12(17)18)5-4-8(16)6-13/h2-3H,4-6H2,1H3,(H,17,18). The zero-order chi connectivity index (χ0) is 13.5. The minimum Gasteiger partial charge on any atom is -0.481 e. The first-order valence-electron chi connectivity index (χ1n) is 5.58. The molecule has 0 bridgehead atoms. The summed E-state index contributed by atoms with van der Waals surface area (Å²) in [6.45, 7) is 1.33. The quantitative estimate of drug-likeness (QED) is 0.881. The monoisotopic (exact) mass is 254 g/mol. The maximum Gasteiger partial charge on any atom is 0.314 e. The molecule has 1 aromatic carbocycles. The summed E-state index contributed by atoms with van der Waals surface area (Å²) < 4.78 is 26.6. The molecule has 1 aliphatic carbocycles. The van der Waals surface area contributed by atoms with E-state index in [0.29, 0.717) is 0 Å². The summed E-state index contributed by atoms with van der Waals surface area (Å²) in [4.78, 5) is 22.8. The fourth-order valence-corrected chi connectivity index (χ4v) is 2.56. The Morgan fingerprint density at radius 2 is 2.06 bits per heavy atom. The molecular formula is C13H12F2O3. The van der Waals surface area contributed by atoms with E-state index >= 15 is 0 Å². The van der Waals surface area contributed by atoms with E-state index < -0.39 is 23.0 Å². The number of carbonyl (C=O) groups excluding carboxylic acids is 1. The fourth-order valence-electron chi connectivity index (χ4n) is 2.56. The summed E-state index contributed by atoms with van der Waals surface area (Å²) in [6.07, 6.45) is 0.131. The molecule has 0 aromatic heterocycles. The second kappa shape index (κ2) is 4.15. The summed E-state index contributed by atoms with van der Waals surface area (Å²) >= 11 is 0. The van der Waals surface area contributed by atoms with E-state index in [1.165, 1.54) is 13.0 Å². The first kappa shape index (κ1) is 12.7. The summed E-state index contributed by atoms with van der Waals surface area (Å²) in [7, 11) is 0. The molecular weight excluding hydrogens is 242 g/mol. The average molecular weight is 254 g/mol. The predicted octanol–water partition coefficient (Wildman–Crippen LogP) is 2.35. The van der Waals surface area contributed by atoms with Crippen LogP contribution in [0.4, 0.5) is 8.78 Å². The van der Waals surface area contributed by atoms with Gasteiger partial charge in [-0.2, -0.15) is 0 Å². The van der Waals surface area contributed by atoms with Gasteiger partial charge >= 0.3 is 5.97 Å². The molecule has 18 heavy (non-hydrogen) atoms. The largest absolute Gasteiger partial charge is 0.481 e. The number of carbonyl (C=O) groups is 2. The van der Waals surface area contributed by atoms with Crippen molar-refractivity contribution < 1.29 is 23.5 Å². The second-order valence-electron chi connectivity index (χ2n) is 4.64. The summed E-state index contributed by atoms with van der Waals surface area (Å²) in [5, 5.41) is 9.35. The van der Waals surface area contributed by atoms with Gasteiger partial charge in [-0.05, 0) is 30.5 Å². The molecule has 1 atom stereocenters. The van der Waals surface area contributed by atoms with E-state index in [1.807, 2.05) is 0 Å². The van der Waals surface area contributed by atoms with Crippen LogP contribution in [-0.2, 0) is 15.0 Å². The van der Waals surface area contributed by atoms with Crippen molar-refractivity contribution in [1.82, 2.24) is 0 Å². The maximum absolute atomic E-state index is 13.5. The molecule has 0 spiro atoms. The molecule has 1 fully saturated rings. The molecule has 96 valence electrons. The zero-order valence-electron chi connectivity index (χ0n) is 9.80. The number of carboxylic acid groups (broad SMARTS) is 1. The molecule has 0 saturated heterocycles. The van der Waals surface area contributed by atoms with Gasteiger partial charge in [0.25, 0.3) is 0 Å². The van der Waals surface area contributed by atoms with Gasteiger partial charge in [-0.3, -0.25) is 9.59 Å². The number of carboxylic acids is 1. The molecule has 3 nitrogen and oxygen atoms in total. The van der Waals surface area contributed by atoms with Crippen molar-refractivity contribution in [2.24, 2.45) is 0 Å². The molecule has 2 rings (SSSR count). The van der Waals surface area contributed by atoms with Crippen LogP contribution >= 0.6 is 0 Å². The smallest absolute Gasteiger partial charge is 0.314 e. The lowest BCUT2D eigenvalue weighted by atomic mass is 9.77. The molecule has 1 unspecified atom stereocenters. The van der Waals surface area contributed by atoms with E-state index in [2.05, 4.69) is 0 Å². The van der Waals surface area contributed by atoms with Gasteiger partial charge in [-0.1, -0.05) is 6.07 Å². The van der Waals surface area contributed by atoms with Gasteiger partial charge in [0, 0.05) is 12.8 Å². The van der Waals surface area contributed by atoms with E-state index in [-0.39, 0.29) is 36.2 Å². The fraction of sp³-hybridized carbons (Fsp3) is 0.385. The average Bonchev–Trinajstić information content (AvgIpc) is 2.70. The molecule has 1 N–H and O–H groups in total. The SMILES string of the molecule is Cc1c(C2(C(=O)O)CCC(=O)C2)ccc(F)c1F. The third kappa shape index (κ3) is 1.70. The van der Waals surface area contributed by atoms with Gasteiger partial charge < -0.3 is 5.11 Å². The van der Waals surface area contributed by atoms with Crippen molar-refractivity contribution in [1.29, 1.82) is 0 Å². The highest BCUT2D eigenvalue weighted by Gasteiger charge is 2.47. The zero-order valence-corrected chi connectivity index (χ0v) is 9.80. The summed E-state index contributed by atoms with van der Waals surface area (Å²) in [5.41, 5.74) is -1.25. The van der Waals surface area contributed by atoms with Crippen LogP contribution in [0, 0.1) is 18.6 Å². The highest BCUT2D eigenvalue weighted by atomic mass is 19.2. The van der Waals surface area contributed by atoms with Crippen LogP contribution in [0.15, 0.2) is 12.1 Å². The first-order valence-corrected chi connectivity index (χ1v) is 5.58. The number of halogens is 2. The molecule has 0 amide bonds. The third-order valence-corrected chi connectivity index (χ3v) is 3.59. The Kier molecular flexibility index (Phi) is 2.92. The summed E-state index contributed by atoms with van der Waals surface area (Å²) in [6, 6.07) is 2.17. The van der Waals surface area contributed by atoms with Gasteiger partial charge in [0.05, 0.1) is 0 Å². The van der Waals surface area contributed by atoms with Crippen molar-refractivity contribution >= 4 is 11.8 Å².